The first-order chi connectivity index (χ1) is 8.44. The van der Waals surface area contributed by atoms with Gasteiger partial charge in [-0.05, 0) is 25.0 Å². The molecule has 0 radical (unpaired) electrons. The summed E-state index contributed by atoms with van der Waals surface area (Å²) in [5.74, 6) is 0.143. The summed E-state index contributed by atoms with van der Waals surface area (Å²) >= 11 is 0. The van der Waals surface area contributed by atoms with Crippen molar-refractivity contribution in [1.29, 1.82) is 0 Å². The highest BCUT2D eigenvalue weighted by Gasteiger charge is 2.31. The van der Waals surface area contributed by atoms with E-state index >= 15 is 0 Å². The van der Waals surface area contributed by atoms with Gasteiger partial charge in [-0.1, -0.05) is 39.8 Å². The Morgan fingerprint density at radius 3 is 2.39 bits per heavy atom. The number of nitrogens with zero attached hydrogens (tertiary/aromatic N) is 1. The van der Waals surface area contributed by atoms with Crippen molar-refractivity contribution in [2.45, 2.75) is 40.5 Å². The number of rotatable bonds is 5. The Kier molecular flexibility index (Phi) is 4.76. The maximum absolute atomic E-state index is 12.6. The second kappa shape index (κ2) is 5.89. The number of carbonyl (C=O) groups is 1. The maximum atomic E-state index is 12.6. The summed E-state index contributed by atoms with van der Waals surface area (Å²) in [6, 6.07) is 7.55. The van der Waals surface area contributed by atoms with E-state index in [9.17, 15) is 4.79 Å². The Balaban J connectivity index is 3.11. The van der Waals surface area contributed by atoms with E-state index in [0.29, 0.717) is 12.2 Å². The van der Waals surface area contributed by atoms with Crippen molar-refractivity contribution in [3.8, 4) is 0 Å². The van der Waals surface area contributed by atoms with Crippen LogP contribution in [0, 0.1) is 5.41 Å². The zero-order valence-electron chi connectivity index (χ0n) is 11.9. The molecule has 0 aromatic heterocycles. The Morgan fingerprint density at radius 2 is 1.89 bits per heavy atom. The molecule has 0 bridgehead atoms. The molecule has 1 rings (SSSR count). The van der Waals surface area contributed by atoms with Gasteiger partial charge in [0.25, 0.3) is 0 Å². The van der Waals surface area contributed by atoms with Crippen LogP contribution in [0.3, 0.4) is 0 Å². The fourth-order valence-corrected chi connectivity index (χ4v) is 1.80. The minimum atomic E-state index is -0.350. The smallest absolute Gasteiger partial charge is 0.232 e. The highest BCUT2D eigenvalue weighted by molar-refractivity contribution is 5.99. The van der Waals surface area contributed by atoms with Crippen LogP contribution in [0.2, 0.25) is 0 Å². The second-order valence-electron chi connectivity index (χ2n) is 5.25. The van der Waals surface area contributed by atoms with Gasteiger partial charge in [0.05, 0.1) is 11.4 Å². The molecule has 0 saturated heterocycles. The number of anilines is 2. The lowest BCUT2D eigenvalue weighted by Gasteiger charge is -2.31. The molecule has 18 heavy (non-hydrogen) atoms. The average molecular weight is 248 g/mol. The number of para-hydroxylation sites is 2. The Labute approximate surface area is 110 Å². The Hall–Kier alpha value is -1.51. The summed E-state index contributed by atoms with van der Waals surface area (Å²) in [5, 5.41) is 0. The molecule has 3 heteroatoms. The molecule has 0 saturated carbocycles. The molecule has 100 valence electrons. The molecule has 0 fully saturated rings. The second-order valence-corrected chi connectivity index (χ2v) is 5.25. The molecule has 1 aromatic carbocycles. The predicted molar refractivity (Wildman–Crippen MR) is 77.6 cm³/mol. The molecule has 2 N–H and O–H groups in total. The summed E-state index contributed by atoms with van der Waals surface area (Å²) in [4.78, 5) is 14.4. The van der Waals surface area contributed by atoms with Crippen LogP contribution in [-0.2, 0) is 4.79 Å². The van der Waals surface area contributed by atoms with E-state index < -0.39 is 0 Å². The van der Waals surface area contributed by atoms with Crippen molar-refractivity contribution in [3.63, 3.8) is 0 Å². The Bertz CT molecular complexity index is 413. The molecular formula is C15H24N2O. The lowest BCUT2D eigenvalue weighted by molar-refractivity contribution is -0.126. The Morgan fingerprint density at radius 1 is 1.28 bits per heavy atom. The molecule has 0 spiro atoms. The van der Waals surface area contributed by atoms with E-state index in [1.165, 1.54) is 0 Å². The first kappa shape index (κ1) is 14.6. The number of hydrogen-bond donors (Lipinski definition) is 1. The van der Waals surface area contributed by atoms with Crippen LogP contribution < -0.4 is 10.6 Å². The quantitative estimate of drug-likeness (QED) is 0.811. The van der Waals surface area contributed by atoms with Crippen molar-refractivity contribution in [2.75, 3.05) is 17.2 Å². The fraction of sp³-hybridized carbons (Fsp3) is 0.533. The van der Waals surface area contributed by atoms with Gasteiger partial charge in [0, 0.05) is 12.0 Å². The number of benzene rings is 1. The van der Waals surface area contributed by atoms with Gasteiger partial charge in [-0.3, -0.25) is 4.79 Å². The summed E-state index contributed by atoms with van der Waals surface area (Å²) in [5.41, 5.74) is 7.11. The minimum Gasteiger partial charge on any atom is -0.397 e. The third kappa shape index (κ3) is 3.03. The SMILES string of the molecule is CCCN(C(=O)C(C)(C)CC)c1ccccc1N. The molecular weight excluding hydrogens is 224 g/mol. The summed E-state index contributed by atoms with van der Waals surface area (Å²) in [7, 11) is 0. The van der Waals surface area contributed by atoms with Gasteiger partial charge >= 0.3 is 0 Å². The van der Waals surface area contributed by atoms with Crippen LogP contribution in [0.5, 0.6) is 0 Å². The van der Waals surface area contributed by atoms with Crippen molar-refractivity contribution >= 4 is 17.3 Å². The highest BCUT2D eigenvalue weighted by atomic mass is 16.2. The first-order valence-electron chi connectivity index (χ1n) is 6.60. The summed E-state index contributed by atoms with van der Waals surface area (Å²) in [6.45, 7) is 8.78. The zero-order chi connectivity index (χ0) is 13.8. The minimum absolute atomic E-state index is 0.143. The van der Waals surface area contributed by atoms with Crippen molar-refractivity contribution < 1.29 is 4.79 Å². The van der Waals surface area contributed by atoms with Gasteiger partial charge < -0.3 is 10.6 Å². The molecule has 1 amide bonds. The van der Waals surface area contributed by atoms with E-state index in [0.717, 1.165) is 18.5 Å². The molecule has 1 aromatic rings. The van der Waals surface area contributed by atoms with E-state index in [-0.39, 0.29) is 11.3 Å². The van der Waals surface area contributed by atoms with E-state index in [4.69, 9.17) is 5.73 Å². The van der Waals surface area contributed by atoms with Gasteiger partial charge in [0.15, 0.2) is 0 Å². The van der Waals surface area contributed by atoms with Crippen molar-refractivity contribution in [2.24, 2.45) is 5.41 Å². The highest BCUT2D eigenvalue weighted by Crippen LogP contribution is 2.30. The summed E-state index contributed by atoms with van der Waals surface area (Å²) < 4.78 is 0. The fourth-order valence-electron chi connectivity index (χ4n) is 1.80. The van der Waals surface area contributed by atoms with Crippen LogP contribution in [0.25, 0.3) is 0 Å². The third-order valence-electron chi connectivity index (χ3n) is 3.38. The van der Waals surface area contributed by atoms with Gasteiger partial charge in [-0.15, -0.1) is 0 Å². The largest absolute Gasteiger partial charge is 0.397 e. The maximum Gasteiger partial charge on any atom is 0.232 e. The lowest BCUT2D eigenvalue weighted by Crippen LogP contribution is -2.41. The van der Waals surface area contributed by atoms with E-state index in [1.807, 2.05) is 49.9 Å². The van der Waals surface area contributed by atoms with E-state index in [1.54, 1.807) is 0 Å². The summed E-state index contributed by atoms with van der Waals surface area (Å²) in [6.07, 6.45) is 1.73. The first-order valence-corrected chi connectivity index (χ1v) is 6.60. The van der Waals surface area contributed by atoms with Crippen molar-refractivity contribution in [1.82, 2.24) is 0 Å². The van der Waals surface area contributed by atoms with Crippen LogP contribution >= 0.6 is 0 Å². The number of amides is 1. The average Bonchev–Trinajstić information content (AvgIpc) is 2.36. The molecule has 0 unspecified atom stereocenters. The van der Waals surface area contributed by atoms with Crippen molar-refractivity contribution in [3.05, 3.63) is 24.3 Å². The van der Waals surface area contributed by atoms with Gasteiger partial charge in [-0.2, -0.15) is 0 Å². The van der Waals surface area contributed by atoms with Crippen LogP contribution in [-0.4, -0.2) is 12.5 Å². The van der Waals surface area contributed by atoms with Gasteiger partial charge in [0.2, 0.25) is 5.91 Å². The van der Waals surface area contributed by atoms with Gasteiger partial charge in [-0.25, -0.2) is 0 Å². The molecule has 3 nitrogen and oxygen atoms in total. The van der Waals surface area contributed by atoms with Gasteiger partial charge in [0.1, 0.15) is 0 Å². The normalized spacial score (nSPS) is 11.3. The molecule has 0 aliphatic heterocycles. The number of nitrogen functional groups attached to an aromatic ring is 1. The topological polar surface area (TPSA) is 46.3 Å². The number of nitrogens with two attached hydrogens (primary N) is 1. The third-order valence-corrected chi connectivity index (χ3v) is 3.38. The number of carbonyl (C=O) groups excluding carboxylic acids is 1. The van der Waals surface area contributed by atoms with Crippen LogP contribution in [0.1, 0.15) is 40.5 Å². The van der Waals surface area contributed by atoms with Crippen LogP contribution in [0.15, 0.2) is 24.3 Å². The lowest BCUT2D eigenvalue weighted by atomic mass is 9.88. The molecule has 0 aliphatic rings. The number of hydrogen-bond acceptors (Lipinski definition) is 2. The van der Waals surface area contributed by atoms with E-state index in [2.05, 4.69) is 6.92 Å². The van der Waals surface area contributed by atoms with Crippen LogP contribution in [0.4, 0.5) is 11.4 Å². The predicted octanol–water partition coefficient (Wildman–Crippen LogP) is 3.45. The molecule has 0 aliphatic carbocycles. The monoisotopic (exact) mass is 248 g/mol. The molecule has 0 atom stereocenters. The zero-order valence-corrected chi connectivity index (χ0v) is 11.9. The standard InChI is InChI=1S/C15H24N2O/c1-5-11-17(14(18)15(3,4)6-2)13-10-8-7-9-12(13)16/h7-10H,5-6,11,16H2,1-4H3. The molecule has 0 heterocycles.